The second-order valence-corrected chi connectivity index (χ2v) is 6.41. The highest BCUT2D eigenvalue weighted by Crippen LogP contribution is 2.30. The van der Waals surface area contributed by atoms with Crippen molar-refractivity contribution in [1.29, 1.82) is 0 Å². The number of hydrogen-bond donors (Lipinski definition) is 0. The molecule has 0 bridgehead atoms. The van der Waals surface area contributed by atoms with Gasteiger partial charge in [-0.05, 0) is 47.6 Å². The van der Waals surface area contributed by atoms with Crippen LogP contribution in [0.2, 0.25) is 0 Å². The second kappa shape index (κ2) is 6.64. The summed E-state index contributed by atoms with van der Waals surface area (Å²) < 4.78 is 29.2. The minimum Gasteiger partial charge on any atom is -0.461 e. The van der Waals surface area contributed by atoms with Gasteiger partial charge < -0.3 is 14.2 Å². The first-order valence-electron chi connectivity index (χ1n) is 7.18. The van der Waals surface area contributed by atoms with Crippen molar-refractivity contribution in [3.63, 3.8) is 0 Å². The Morgan fingerprint density at radius 3 is 2.50 bits per heavy atom. The Bertz CT molecular complexity index is 467. The van der Waals surface area contributed by atoms with Crippen LogP contribution in [0.1, 0.15) is 41.5 Å². The molecule has 0 unspecified atom stereocenters. The lowest BCUT2D eigenvalue weighted by Gasteiger charge is -2.34. The molecule has 7 heteroatoms. The zero-order valence-electron chi connectivity index (χ0n) is 13.9. The van der Waals surface area contributed by atoms with Gasteiger partial charge in [-0.1, -0.05) is 0 Å². The summed E-state index contributed by atoms with van der Waals surface area (Å²) in [6.45, 7) is 10.3. The molecule has 1 rings (SSSR count). The van der Waals surface area contributed by atoms with Gasteiger partial charge >= 0.3 is 12.1 Å². The predicted octanol–water partition coefficient (Wildman–Crippen LogP) is 2.77. The van der Waals surface area contributed by atoms with Crippen LogP contribution in [0.15, 0.2) is 11.9 Å². The average molecular weight is 317 g/mol. The summed E-state index contributed by atoms with van der Waals surface area (Å²) in [6, 6.07) is -0.741. The van der Waals surface area contributed by atoms with Crippen molar-refractivity contribution in [1.82, 2.24) is 4.90 Å². The second-order valence-electron chi connectivity index (χ2n) is 6.41. The van der Waals surface area contributed by atoms with Crippen LogP contribution in [0.5, 0.6) is 0 Å². The van der Waals surface area contributed by atoms with Gasteiger partial charge in [0.05, 0.1) is 19.3 Å². The molecule has 0 saturated carbocycles. The fourth-order valence-corrected chi connectivity index (χ4v) is 2.06. The molecular formula is C15H24FNO5. The average Bonchev–Trinajstić information content (AvgIpc) is 2.62. The molecule has 0 N–H and O–H groups in total. The molecule has 1 heterocycles. The standard InChI is InChI=1S/C15H24FNO5/c1-7-20-12(18)11(16)8-10-9-21-15(5,6)17(10)13(19)22-14(2,3)4/h8,10H,7,9H2,1-6H3/b11-8-/t10-/m1/s1. The number of nitrogens with zero attached hydrogens (tertiary/aromatic N) is 1. The van der Waals surface area contributed by atoms with E-state index in [-0.39, 0.29) is 13.2 Å². The molecule has 0 aliphatic carbocycles. The van der Waals surface area contributed by atoms with Gasteiger partial charge in [0, 0.05) is 0 Å². The highest BCUT2D eigenvalue weighted by molar-refractivity contribution is 5.86. The van der Waals surface area contributed by atoms with Gasteiger partial charge in [-0.2, -0.15) is 4.39 Å². The molecule has 1 saturated heterocycles. The summed E-state index contributed by atoms with van der Waals surface area (Å²) >= 11 is 0. The summed E-state index contributed by atoms with van der Waals surface area (Å²) in [5, 5.41) is 0. The predicted molar refractivity (Wildman–Crippen MR) is 77.7 cm³/mol. The maximum atomic E-state index is 13.8. The monoisotopic (exact) mass is 317 g/mol. The molecular weight excluding hydrogens is 293 g/mol. The van der Waals surface area contributed by atoms with Crippen molar-refractivity contribution in [2.75, 3.05) is 13.2 Å². The normalized spacial score (nSPS) is 21.7. The number of rotatable bonds is 3. The minimum absolute atomic E-state index is 0.0685. The van der Waals surface area contributed by atoms with Crippen LogP contribution < -0.4 is 0 Å². The molecule has 0 spiro atoms. The van der Waals surface area contributed by atoms with E-state index in [0.717, 1.165) is 6.08 Å². The first kappa shape index (κ1) is 18.4. The molecule has 1 fully saturated rings. The summed E-state index contributed by atoms with van der Waals surface area (Å²) in [5.74, 6) is -2.11. The van der Waals surface area contributed by atoms with Crippen molar-refractivity contribution in [2.24, 2.45) is 0 Å². The number of carbonyl (C=O) groups is 2. The van der Waals surface area contributed by atoms with Crippen molar-refractivity contribution in [3.8, 4) is 0 Å². The summed E-state index contributed by atoms with van der Waals surface area (Å²) in [7, 11) is 0. The minimum atomic E-state index is -1.06. The van der Waals surface area contributed by atoms with E-state index in [4.69, 9.17) is 9.47 Å². The maximum Gasteiger partial charge on any atom is 0.413 e. The van der Waals surface area contributed by atoms with Crippen LogP contribution in [0.3, 0.4) is 0 Å². The fourth-order valence-electron chi connectivity index (χ4n) is 2.06. The SMILES string of the molecule is CCOC(=O)/C(F)=C/[C@@H]1COC(C)(C)N1C(=O)OC(C)(C)C. The third-order valence-corrected chi connectivity index (χ3v) is 2.92. The Morgan fingerprint density at radius 1 is 1.41 bits per heavy atom. The van der Waals surface area contributed by atoms with Crippen LogP contribution in [0, 0.1) is 0 Å². The topological polar surface area (TPSA) is 65.1 Å². The van der Waals surface area contributed by atoms with Crippen molar-refractivity contribution in [3.05, 3.63) is 11.9 Å². The van der Waals surface area contributed by atoms with E-state index in [1.807, 2.05) is 0 Å². The number of amides is 1. The van der Waals surface area contributed by atoms with Gasteiger partial charge in [-0.3, -0.25) is 4.90 Å². The molecule has 0 aromatic heterocycles. The highest BCUT2D eigenvalue weighted by Gasteiger charge is 2.45. The Morgan fingerprint density at radius 2 is 2.00 bits per heavy atom. The molecule has 6 nitrogen and oxygen atoms in total. The van der Waals surface area contributed by atoms with E-state index in [9.17, 15) is 14.0 Å². The maximum absolute atomic E-state index is 13.8. The smallest absolute Gasteiger partial charge is 0.413 e. The lowest BCUT2D eigenvalue weighted by molar-refractivity contribution is -0.140. The van der Waals surface area contributed by atoms with Crippen LogP contribution in [-0.4, -0.2) is 47.5 Å². The number of halogens is 1. The van der Waals surface area contributed by atoms with E-state index in [0.29, 0.717) is 0 Å². The highest BCUT2D eigenvalue weighted by atomic mass is 19.1. The molecule has 0 aromatic carbocycles. The van der Waals surface area contributed by atoms with Gasteiger partial charge in [0.2, 0.25) is 5.83 Å². The largest absolute Gasteiger partial charge is 0.461 e. The van der Waals surface area contributed by atoms with Gasteiger partial charge in [-0.25, -0.2) is 9.59 Å². The number of hydrogen-bond acceptors (Lipinski definition) is 5. The zero-order valence-corrected chi connectivity index (χ0v) is 13.9. The van der Waals surface area contributed by atoms with Gasteiger partial charge in [-0.15, -0.1) is 0 Å². The molecule has 1 amide bonds. The number of carbonyl (C=O) groups excluding carboxylic acids is 2. The van der Waals surface area contributed by atoms with Gasteiger partial charge in [0.15, 0.2) is 0 Å². The third kappa shape index (κ3) is 4.69. The quantitative estimate of drug-likeness (QED) is 0.591. The Hall–Kier alpha value is -1.63. The first-order chi connectivity index (χ1) is 9.98. The molecule has 0 aromatic rings. The number of esters is 1. The summed E-state index contributed by atoms with van der Waals surface area (Å²) in [6.07, 6.45) is 0.393. The molecule has 22 heavy (non-hydrogen) atoms. The Labute approximate surface area is 130 Å². The van der Waals surface area contributed by atoms with Crippen molar-refractivity contribution in [2.45, 2.75) is 58.9 Å². The summed E-state index contributed by atoms with van der Waals surface area (Å²) in [4.78, 5) is 25.0. The van der Waals surface area contributed by atoms with Crippen LogP contribution in [0.25, 0.3) is 0 Å². The molecule has 0 radical (unpaired) electrons. The first-order valence-corrected chi connectivity index (χ1v) is 7.18. The van der Waals surface area contributed by atoms with Gasteiger partial charge in [0.1, 0.15) is 11.3 Å². The third-order valence-electron chi connectivity index (χ3n) is 2.92. The Balaban J connectivity index is 2.97. The molecule has 126 valence electrons. The van der Waals surface area contributed by atoms with Crippen LogP contribution in [-0.2, 0) is 19.0 Å². The molecule has 1 atom stereocenters. The van der Waals surface area contributed by atoms with E-state index in [2.05, 4.69) is 4.74 Å². The number of ether oxygens (including phenoxy) is 3. The molecule has 1 aliphatic rings. The molecule has 1 aliphatic heterocycles. The van der Waals surface area contributed by atoms with Crippen molar-refractivity contribution < 1.29 is 28.2 Å². The van der Waals surface area contributed by atoms with E-state index in [1.165, 1.54) is 4.90 Å². The van der Waals surface area contributed by atoms with E-state index >= 15 is 0 Å². The van der Waals surface area contributed by atoms with E-state index in [1.54, 1.807) is 41.5 Å². The Kier molecular flexibility index (Phi) is 5.56. The lowest BCUT2D eigenvalue weighted by atomic mass is 10.2. The zero-order chi connectivity index (χ0) is 17.1. The fraction of sp³-hybridized carbons (Fsp3) is 0.733. The van der Waals surface area contributed by atoms with E-state index < -0.39 is 35.3 Å². The van der Waals surface area contributed by atoms with Gasteiger partial charge in [0.25, 0.3) is 0 Å². The van der Waals surface area contributed by atoms with Crippen LogP contribution >= 0.6 is 0 Å². The van der Waals surface area contributed by atoms with Crippen molar-refractivity contribution >= 4 is 12.1 Å². The lowest BCUT2D eigenvalue weighted by Crippen LogP contribution is -2.49. The summed E-state index contributed by atoms with van der Waals surface area (Å²) in [5.41, 5.74) is -1.65. The van der Waals surface area contributed by atoms with Crippen LogP contribution in [0.4, 0.5) is 9.18 Å².